The molecular formula is C17H29ClN4O2. The van der Waals surface area contributed by atoms with E-state index in [9.17, 15) is 4.79 Å². The molecule has 1 aromatic rings. The summed E-state index contributed by atoms with van der Waals surface area (Å²) in [4.78, 5) is 16.9. The predicted molar refractivity (Wildman–Crippen MR) is 94.1 cm³/mol. The Labute approximate surface area is 149 Å². The number of carbonyl (C=O) groups excluding carboxylic acids is 1. The second-order valence-electron chi connectivity index (χ2n) is 7.13. The first-order valence-electron chi connectivity index (χ1n) is 9.00. The lowest BCUT2D eigenvalue weighted by Gasteiger charge is -2.27. The van der Waals surface area contributed by atoms with Crippen LogP contribution in [0.4, 0.5) is 0 Å². The maximum atomic E-state index is 12.4. The minimum atomic E-state index is -0.225. The smallest absolute Gasteiger partial charge is 0.248 e. The molecular weight excluding hydrogens is 328 g/mol. The van der Waals surface area contributed by atoms with Crippen LogP contribution in [0, 0.1) is 5.92 Å². The minimum Gasteiger partial charge on any atom is -0.344 e. The predicted octanol–water partition coefficient (Wildman–Crippen LogP) is 3.10. The van der Waals surface area contributed by atoms with Gasteiger partial charge in [-0.1, -0.05) is 24.4 Å². The number of hydrogen-bond donors (Lipinski definition) is 2. The van der Waals surface area contributed by atoms with Crippen LogP contribution in [0.15, 0.2) is 4.52 Å². The van der Waals surface area contributed by atoms with Crippen LogP contribution >= 0.6 is 12.4 Å². The van der Waals surface area contributed by atoms with Crippen molar-refractivity contribution in [2.75, 3.05) is 6.54 Å². The molecule has 1 aliphatic carbocycles. The van der Waals surface area contributed by atoms with Gasteiger partial charge in [0.05, 0.1) is 0 Å². The van der Waals surface area contributed by atoms with E-state index in [1.807, 2.05) is 6.92 Å². The van der Waals surface area contributed by atoms with Gasteiger partial charge in [-0.2, -0.15) is 4.98 Å². The monoisotopic (exact) mass is 356 g/mol. The van der Waals surface area contributed by atoms with E-state index in [-0.39, 0.29) is 30.3 Å². The normalized spacial score (nSPS) is 26.4. The summed E-state index contributed by atoms with van der Waals surface area (Å²) >= 11 is 0. The van der Waals surface area contributed by atoms with Crippen molar-refractivity contribution >= 4 is 18.3 Å². The molecule has 1 saturated carbocycles. The van der Waals surface area contributed by atoms with Gasteiger partial charge < -0.3 is 15.2 Å². The number of hydrogen-bond acceptors (Lipinski definition) is 5. The van der Waals surface area contributed by atoms with Gasteiger partial charge in [0.1, 0.15) is 6.04 Å². The van der Waals surface area contributed by atoms with E-state index in [0.29, 0.717) is 17.9 Å². The maximum absolute atomic E-state index is 12.4. The fraction of sp³-hybridized carbons (Fsp3) is 0.824. The van der Waals surface area contributed by atoms with E-state index in [1.165, 1.54) is 19.3 Å². The first kappa shape index (κ1) is 19.2. The number of rotatable bonds is 4. The Morgan fingerprint density at radius 2 is 2.04 bits per heavy atom. The van der Waals surface area contributed by atoms with Gasteiger partial charge in [0.2, 0.25) is 11.8 Å². The van der Waals surface area contributed by atoms with Gasteiger partial charge in [-0.15, -0.1) is 12.4 Å². The van der Waals surface area contributed by atoms with Gasteiger partial charge in [-0.3, -0.25) is 4.79 Å². The molecule has 1 aromatic heterocycles. The van der Waals surface area contributed by atoms with Crippen molar-refractivity contribution < 1.29 is 9.32 Å². The molecule has 136 valence electrons. The van der Waals surface area contributed by atoms with Gasteiger partial charge >= 0.3 is 0 Å². The average molecular weight is 357 g/mol. The molecule has 2 fully saturated rings. The molecule has 0 bridgehead atoms. The molecule has 3 rings (SSSR count). The Morgan fingerprint density at radius 1 is 1.29 bits per heavy atom. The van der Waals surface area contributed by atoms with Gasteiger partial charge in [0.15, 0.2) is 5.82 Å². The summed E-state index contributed by atoms with van der Waals surface area (Å²) in [5.41, 5.74) is 0. The van der Waals surface area contributed by atoms with Crippen LogP contribution in [-0.2, 0) is 4.79 Å². The SMILES string of the molecule is CC(NC(=O)[C@H]1CCN[C@@H](C)C1)c1nc(C2CCCCC2)no1.Cl. The van der Waals surface area contributed by atoms with Crippen molar-refractivity contribution in [3.63, 3.8) is 0 Å². The maximum Gasteiger partial charge on any atom is 0.248 e. The van der Waals surface area contributed by atoms with Crippen LogP contribution in [0.3, 0.4) is 0 Å². The highest BCUT2D eigenvalue weighted by Crippen LogP contribution is 2.31. The number of nitrogens with zero attached hydrogens (tertiary/aromatic N) is 2. The molecule has 3 atom stereocenters. The molecule has 1 amide bonds. The molecule has 1 aliphatic heterocycles. The molecule has 2 heterocycles. The molecule has 7 heteroatoms. The summed E-state index contributed by atoms with van der Waals surface area (Å²) in [6.07, 6.45) is 7.86. The van der Waals surface area contributed by atoms with Crippen LogP contribution in [0.25, 0.3) is 0 Å². The van der Waals surface area contributed by atoms with E-state index < -0.39 is 0 Å². The number of carbonyl (C=O) groups is 1. The summed E-state index contributed by atoms with van der Waals surface area (Å²) < 4.78 is 5.40. The minimum absolute atomic E-state index is 0. The number of aromatic nitrogens is 2. The molecule has 0 aromatic carbocycles. The van der Waals surface area contributed by atoms with Crippen molar-refractivity contribution in [3.05, 3.63) is 11.7 Å². The van der Waals surface area contributed by atoms with Crippen molar-refractivity contribution in [1.29, 1.82) is 0 Å². The van der Waals surface area contributed by atoms with Crippen LogP contribution in [-0.4, -0.2) is 28.6 Å². The second kappa shape index (κ2) is 8.81. The second-order valence-corrected chi connectivity index (χ2v) is 7.13. The molecule has 24 heavy (non-hydrogen) atoms. The van der Waals surface area contributed by atoms with Crippen LogP contribution < -0.4 is 10.6 Å². The quantitative estimate of drug-likeness (QED) is 0.866. The van der Waals surface area contributed by atoms with Gasteiger partial charge in [-0.25, -0.2) is 0 Å². The third kappa shape index (κ3) is 4.70. The Bertz CT molecular complexity index is 530. The zero-order valence-corrected chi connectivity index (χ0v) is 15.4. The molecule has 2 aliphatic rings. The molecule has 0 spiro atoms. The highest BCUT2D eigenvalue weighted by molar-refractivity contribution is 5.85. The molecule has 0 radical (unpaired) electrons. The highest BCUT2D eigenvalue weighted by atomic mass is 35.5. The summed E-state index contributed by atoms with van der Waals surface area (Å²) in [6.45, 7) is 4.94. The van der Waals surface area contributed by atoms with Crippen LogP contribution in [0.2, 0.25) is 0 Å². The Kier molecular flexibility index (Phi) is 7.04. The third-order valence-electron chi connectivity index (χ3n) is 5.15. The van der Waals surface area contributed by atoms with Crippen molar-refractivity contribution in [1.82, 2.24) is 20.8 Å². The third-order valence-corrected chi connectivity index (χ3v) is 5.15. The van der Waals surface area contributed by atoms with Crippen molar-refractivity contribution in [2.24, 2.45) is 5.92 Å². The Morgan fingerprint density at radius 3 is 2.75 bits per heavy atom. The average Bonchev–Trinajstić information content (AvgIpc) is 3.06. The first-order chi connectivity index (χ1) is 11.1. The van der Waals surface area contributed by atoms with Gasteiger partial charge in [0, 0.05) is 17.9 Å². The van der Waals surface area contributed by atoms with E-state index in [4.69, 9.17) is 4.52 Å². The summed E-state index contributed by atoms with van der Waals surface area (Å²) in [6, 6.07) is 0.175. The molecule has 1 unspecified atom stereocenters. The Hall–Kier alpha value is -1.14. The highest BCUT2D eigenvalue weighted by Gasteiger charge is 2.28. The van der Waals surface area contributed by atoms with Crippen LogP contribution in [0.5, 0.6) is 0 Å². The van der Waals surface area contributed by atoms with E-state index >= 15 is 0 Å². The van der Waals surface area contributed by atoms with Crippen molar-refractivity contribution in [3.8, 4) is 0 Å². The number of piperidine rings is 1. The molecule has 6 nitrogen and oxygen atoms in total. The first-order valence-corrected chi connectivity index (χ1v) is 9.00. The lowest BCUT2D eigenvalue weighted by molar-refractivity contribution is -0.126. The zero-order chi connectivity index (χ0) is 16.2. The van der Waals surface area contributed by atoms with E-state index in [0.717, 1.165) is 38.1 Å². The standard InChI is InChI=1S/C17H28N4O2.ClH/c1-11-10-14(8-9-18-11)16(22)19-12(2)17-20-15(21-23-17)13-6-4-3-5-7-13;/h11-14,18H,3-10H2,1-2H3,(H,19,22);1H/t11-,12?,14-;/m0./s1. The Balaban J connectivity index is 0.00000208. The van der Waals surface area contributed by atoms with Crippen molar-refractivity contribution in [2.45, 2.75) is 76.8 Å². The molecule has 1 saturated heterocycles. The van der Waals surface area contributed by atoms with Gasteiger partial charge in [0.25, 0.3) is 0 Å². The number of amides is 1. The fourth-order valence-corrected chi connectivity index (χ4v) is 3.71. The number of halogens is 1. The largest absolute Gasteiger partial charge is 0.344 e. The van der Waals surface area contributed by atoms with E-state index in [1.54, 1.807) is 0 Å². The lowest BCUT2D eigenvalue weighted by Crippen LogP contribution is -2.43. The summed E-state index contributed by atoms with van der Waals surface area (Å²) in [5.74, 6) is 1.95. The lowest BCUT2D eigenvalue weighted by atomic mass is 9.89. The van der Waals surface area contributed by atoms with E-state index in [2.05, 4.69) is 27.7 Å². The van der Waals surface area contributed by atoms with Crippen LogP contribution in [0.1, 0.15) is 82.5 Å². The van der Waals surface area contributed by atoms with Gasteiger partial charge in [-0.05, 0) is 46.1 Å². The topological polar surface area (TPSA) is 80.0 Å². The summed E-state index contributed by atoms with van der Waals surface area (Å²) in [5, 5.41) is 10.6. The molecule has 2 N–H and O–H groups in total. The zero-order valence-electron chi connectivity index (χ0n) is 14.6. The fourth-order valence-electron chi connectivity index (χ4n) is 3.71. The number of nitrogens with one attached hydrogen (secondary N) is 2. The summed E-state index contributed by atoms with van der Waals surface area (Å²) in [7, 11) is 0.